The van der Waals surface area contributed by atoms with Gasteiger partial charge in [0.1, 0.15) is 11.5 Å². The highest BCUT2D eigenvalue weighted by molar-refractivity contribution is 9.10. The molecule has 0 amide bonds. The summed E-state index contributed by atoms with van der Waals surface area (Å²) in [5.41, 5.74) is 1.07. The number of rotatable bonds is 4. The van der Waals surface area contributed by atoms with E-state index in [4.69, 9.17) is 4.42 Å². The largest absolute Gasteiger partial charge is 0.456 e. The van der Waals surface area contributed by atoms with Crippen LogP contribution < -0.4 is 0 Å². The van der Waals surface area contributed by atoms with E-state index in [0.29, 0.717) is 17.9 Å². The van der Waals surface area contributed by atoms with Gasteiger partial charge in [-0.15, -0.1) is 0 Å². The van der Waals surface area contributed by atoms with Crippen molar-refractivity contribution < 1.29 is 9.34 Å². The van der Waals surface area contributed by atoms with E-state index in [1.165, 1.54) is 6.08 Å². The molecule has 0 aliphatic heterocycles. The van der Waals surface area contributed by atoms with E-state index in [1.54, 1.807) is 13.0 Å². The van der Waals surface area contributed by atoms with Crippen LogP contribution in [0.2, 0.25) is 0 Å². The predicted octanol–water partition coefficient (Wildman–Crippen LogP) is 4.74. The molecule has 5 heteroatoms. The van der Waals surface area contributed by atoms with Gasteiger partial charge >= 0.3 is 0 Å². The molecular weight excluding hydrogens is 310 g/mol. The van der Waals surface area contributed by atoms with Crippen LogP contribution in [-0.4, -0.2) is 4.92 Å². The quantitative estimate of drug-likeness (QED) is 0.603. The lowest BCUT2D eigenvalue weighted by molar-refractivity contribution is -0.425. The Labute approximate surface area is 119 Å². The van der Waals surface area contributed by atoms with Crippen LogP contribution in [0.1, 0.15) is 19.1 Å². The molecule has 0 fully saturated rings. The van der Waals surface area contributed by atoms with Gasteiger partial charge in [0.25, 0.3) is 0 Å². The summed E-state index contributed by atoms with van der Waals surface area (Å²) >= 11 is 3.37. The van der Waals surface area contributed by atoms with Crippen molar-refractivity contribution in [1.29, 1.82) is 0 Å². The van der Waals surface area contributed by atoms with Gasteiger partial charge in [-0.1, -0.05) is 35.0 Å². The number of nitro groups is 1. The number of halogens is 1. The fourth-order valence-electron chi connectivity index (χ4n) is 1.65. The Bertz CT molecular complexity index is 614. The van der Waals surface area contributed by atoms with Crippen molar-refractivity contribution in [3.8, 4) is 11.3 Å². The maximum Gasteiger partial charge on any atom is 0.249 e. The molecule has 1 aromatic heterocycles. The number of hydrogen-bond acceptors (Lipinski definition) is 3. The molecule has 0 bridgehead atoms. The fourth-order valence-corrected chi connectivity index (χ4v) is 1.91. The second-order valence-electron chi connectivity index (χ2n) is 3.96. The topological polar surface area (TPSA) is 56.3 Å². The minimum atomic E-state index is -0.387. The van der Waals surface area contributed by atoms with Gasteiger partial charge in [-0.25, -0.2) is 0 Å². The smallest absolute Gasteiger partial charge is 0.249 e. The lowest BCUT2D eigenvalue weighted by Crippen LogP contribution is -1.95. The summed E-state index contributed by atoms with van der Waals surface area (Å²) in [7, 11) is 0. The molecule has 0 saturated heterocycles. The standard InChI is InChI=1S/C14H12BrNO3/c1-2-12(16(17)18)9-13-7-8-14(19-13)10-3-5-11(15)6-4-10/h3-9H,2H2,1H3. The Morgan fingerprint density at radius 3 is 2.58 bits per heavy atom. The Balaban J connectivity index is 2.29. The summed E-state index contributed by atoms with van der Waals surface area (Å²) in [4.78, 5) is 10.4. The van der Waals surface area contributed by atoms with E-state index in [1.807, 2.05) is 30.3 Å². The number of hydrogen-bond donors (Lipinski definition) is 0. The fraction of sp³-hybridized carbons (Fsp3) is 0.143. The number of allylic oxidation sites excluding steroid dienone is 1. The third-order valence-corrected chi connectivity index (χ3v) is 3.19. The van der Waals surface area contributed by atoms with Gasteiger partial charge in [0.15, 0.2) is 0 Å². The third-order valence-electron chi connectivity index (χ3n) is 2.66. The van der Waals surface area contributed by atoms with Crippen LogP contribution in [0.3, 0.4) is 0 Å². The van der Waals surface area contributed by atoms with E-state index < -0.39 is 0 Å². The van der Waals surface area contributed by atoms with E-state index in [0.717, 1.165) is 10.0 Å². The molecule has 1 heterocycles. The van der Waals surface area contributed by atoms with Crippen molar-refractivity contribution in [2.45, 2.75) is 13.3 Å². The molecule has 4 nitrogen and oxygen atoms in total. The van der Waals surface area contributed by atoms with Gasteiger partial charge in [0.2, 0.25) is 5.70 Å². The Kier molecular flexibility index (Phi) is 4.16. The maximum absolute atomic E-state index is 10.7. The van der Waals surface area contributed by atoms with Crippen molar-refractivity contribution >= 4 is 22.0 Å². The van der Waals surface area contributed by atoms with Crippen LogP contribution >= 0.6 is 15.9 Å². The van der Waals surface area contributed by atoms with Crippen LogP contribution in [-0.2, 0) is 0 Å². The molecule has 0 aliphatic carbocycles. The van der Waals surface area contributed by atoms with Crippen molar-refractivity contribution in [1.82, 2.24) is 0 Å². The molecule has 2 rings (SSSR count). The van der Waals surface area contributed by atoms with E-state index >= 15 is 0 Å². The van der Waals surface area contributed by atoms with E-state index in [9.17, 15) is 10.1 Å². The maximum atomic E-state index is 10.7. The molecule has 0 spiro atoms. The van der Waals surface area contributed by atoms with Gasteiger partial charge in [-0.2, -0.15) is 0 Å². The van der Waals surface area contributed by atoms with Crippen LogP contribution in [0.25, 0.3) is 17.4 Å². The lowest BCUT2D eigenvalue weighted by Gasteiger charge is -1.96. The molecule has 0 N–H and O–H groups in total. The van der Waals surface area contributed by atoms with E-state index in [-0.39, 0.29) is 10.6 Å². The summed E-state index contributed by atoms with van der Waals surface area (Å²) in [6.45, 7) is 1.74. The Morgan fingerprint density at radius 2 is 2.00 bits per heavy atom. The number of benzene rings is 1. The molecule has 98 valence electrons. The first kappa shape index (κ1) is 13.5. The molecule has 0 unspecified atom stereocenters. The third kappa shape index (κ3) is 3.32. The van der Waals surface area contributed by atoms with E-state index in [2.05, 4.69) is 15.9 Å². The van der Waals surface area contributed by atoms with Crippen molar-refractivity contribution in [2.24, 2.45) is 0 Å². The molecule has 1 aromatic carbocycles. The van der Waals surface area contributed by atoms with Crippen molar-refractivity contribution in [3.63, 3.8) is 0 Å². The molecule has 19 heavy (non-hydrogen) atoms. The summed E-state index contributed by atoms with van der Waals surface area (Å²) in [6.07, 6.45) is 1.82. The zero-order valence-electron chi connectivity index (χ0n) is 10.3. The first-order valence-electron chi connectivity index (χ1n) is 5.81. The average molecular weight is 322 g/mol. The second kappa shape index (κ2) is 5.84. The monoisotopic (exact) mass is 321 g/mol. The molecule has 0 saturated carbocycles. The SMILES string of the molecule is CCC(=Cc1ccc(-c2ccc(Br)cc2)o1)[N+](=O)[O-]. The van der Waals surface area contributed by atoms with Crippen LogP contribution in [0.5, 0.6) is 0 Å². The molecular formula is C14H12BrNO3. The predicted molar refractivity (Wildman–Crippen MR) is 77.1 cm³/mol. The Hall–Kier alpha value is -1.88. The van der Waals surface area contributed by atoms with Crippen molar-refractivity contribution in [3.05, 3.63) is 62.4 Å². The molecule has 0 aliphatic rings. The van der Waals surface area contributed by atoms with Gasteiger partial charge in [-0.3, -0.25) is 10.1 Å². The summed E-state index contributed by atoms with van der Waals surface area (Å²) in [5, 5.41) is 10.7. The zero-order chi connectivity index (χ0) is 13.8. The highest BCUT2D eigenvalue weighted by Crippen LogP contribution is 2.25. The van der Waals surface area contributed by atoms with Crippen LogP contribution in [0.4, 0.5) is 0 Å². The van der Waals surface area contributed by atoms with Crippen LogP contribution in [0.15, 0.2) is 51.0 Å². The summed E-state index contributed by atoms with van der Waals surface area (Å²) in [6, 6.07) is 11.2. The molecule has 2 aromatic rings. The van der Waals surface area contributed by atoms with Crippen molar-refractivity contribution in [2.75, 3.05) is 0 Å². The second-order valence-corrected chi connectivity index (χ2v) is 4.87. The molecule has 0 atom stereocenters. The summed E-state index contributed by atoms with van der Waals surface area (Å²) in [5.74, 6) is 1.18. The highest BCUT2D eigenvalue weighted by Gasteiger charge is 2.10. The van der Waals surface area contributed by atoms with Crippen LogP contribution in [0, 0.1) is 10.1 Å². The normalized spacial score (nSPS) is 11.6. The van der Waals surface area contributed by atoms with Gasteiger partial charge in [0.05, 0.1) is 11.0 Å². The lowest BCUT2D eigenvalue weighted by atomic mass is 10.2. The average Bonchev–Trinajstić information content (AvgIpc) is 2.85. The minimum absolute atomic E-state index is 0.136. The Morgan fingerprint density at radius 1 is 1.32 bits per heavy atom. The minimum Gasteiger partial charge on any atom is -0.456 e. The zero-order valence-corrected chi connectivity index (χ0v) is 11.9. The summed E-state index contributed by atoms with van der Waals surface area (Å²) < 4.78 is 6.59. The first-order chi connectivity index (χ1) is 9.10. The first-order valence-corrected chi connectivity index (χ1v) is 6.60. The molecule has 0 radical (unpaired) electrons. The van der Waals surface area contributed by atoms with Gasteiger partial charge in [-0.05, 0) is 24.3 Å². The van der Waals surface area contributed by atoms with Gasteiger partial charge in [0, 0.05) is 16.5 Å². The highest BCUT2D eigenvalue weighted by atomic mass is 79.9. The number of nitrogens with zero attached hydrogens (tertiary/aromatic N) is 1. The van der Waals surface area contributed by atoms with Gasteiger partial charge < -0.3 is 4.42 Å². The number of furan rings is 1.